The fraction of sp³-hybridized carbons (Fsp3) is 0.529. The SMILES string of the molecule is C=C(C)C(=O)O.CC1=NN(c2ccc(C(=O)OCC(O)COC(=O)C(C)C)cc2)C(=O)/C1=C\c1ccccc1.CCC(C)(C)C(=O)O.CCCCCCCCCCCCS.CCCCCCCCCCCCSCC(C)(C)C(=O)OCC(O)COC(=O)c1ccc(N2N=C(C)/C(=C/c3ccccc3)C2=O)cc1. The summed E-state index contributed by atoms with van der Waals surface area (Å²) in [5.41, 5.74) is 4.47. The molecule has 0 aromatic heterocycles. The van der Waals surface area contributed by atoms with Crippen LogP contribution in [-0.2, 0) is 47.7 Å². The van der Waals surface area contributed by atoms with Gasteiger partial charge in [-0.2, -0.15) is 44.6 Å². The van der Waals surface area contributed by atoms with Crippen LogP contribution in [0.3, 0.4) is 0 Å². The number of rotatable bonds is 42. The number of nitrogens with zero attached hydrogens (tertiary/aromatic N) is 4. The molecule has 2 aliphatic heterocycles. The van der Waals surface area contributed by atoms with Crippen LogP contribution < -0.4 is 10.0 Å². The number of aliphatic hydroxyl groups is 2. The van der Waals surface area contributed by atoms with Gasteiger partial charge >= 0.3 is 35.8 Å². The number of thiol groups is 1. The Bertz CT molecular complexity index is 3440. The van der Waals surface area contributed by atoms with Crippen LogP contribution >= 0.6 is 24.4 Å². The molecule has 0 radical (unpaired) electrons. The average Bonchev–Trinajstić information content (AvgIpc) is 1.67. The van der Waals surface area contributed by atoms with E-state index in [1.165, 1.54) is 163 Å². The summed E-state index contributed by atoms with van der Waals surface area (Å²) in [6, 6.07) is 31.6. The Labute approximate surface area is 646 Å². The van der Waals surface area contributed by atoms with Crippen LogP contribution in [0.4, 0.5) is 11.4 Å². The molecule has 2 heterocycles. The first kappa shape index (κ1) is 94.9. The molecule has 2 unspecified atom stereocenters. The second-order valence-electron chi connectivity index (χ2n) is 28.2. The lowest BCUT2D eigenvalue weighted by atomic mass is 9.91. The van der Waals surface area contributed by atoms with Gasteiger partial charge in [-0.3, -0.25) is 24.0 Å². The van der Waals surface area contributed by atoms with Gasteiger partial charge in [-0.15, -0.1) is 0 Å². The molecule has 4 aromatic carbocycles. The van der Waals surface area contributed by atoms with Gasteiger partial charge in [-0.05, 0) is 151 Å². The van der Waals surface area contributed by atoms with Gasteiger partial charge in [0.1, 0.15) is 38.6 Å². The fourth-order valence-corrected chi connectivity index (χ4v) is 11.2. The molecule has 0 saturated heterocycles. The standard InChI is InChI=1S/C38H52N2O6S.C25H26N2O6.C12H26S.C6H12O2.C4H6O2/c1-5-6-7-8-9-10-11-12-13-17-24-47-28-38(3,4)37(44)46-27-33(41)26-45-36(43)31-20-22-32(23-21-31)40-35(42)34(29(2)39-40)25-30-18-15-14-16-19-30;1-16(2)24(30)32-14-21(28)15-33-25(31)19-9-11-20(12-10-19)27-23(29)22(17(3)26-27)13-18-7-5-4-6-8-18;1-2-3-4-5-6-7-8-9-10-11-12-13;1-4-6(2,3)5(7)8;1-3(2)4(5)6/h14-16,18-23,25,33,41H,5-13,17,24,26-28H2,1-4H3;4-13,16,21,28H,14-15H2,1-3H3;13H,2-12H2,1H3;4H2,1-3H3,(H,7,8);1H2,2H3,(H,5,6)/b34-25-;22-13-;;;. The summed E-state index contributed by atoms with van der Waals surface area (Å²) in [6.45, 7) is 23.9. The molecule has 22 heteroatoms. The minimum atomic E-state index is -1.15. The highest BCUT2D eigenvalue weighted by atomic mass is 32.2. The van der Waals surface area contributed by atoms with Crippen molar-refractivity contribution >= 4 is 107 Å². The minimum absolute atomic E-state index is 0.176. The summed E-state index contributed by atoms with van der Waals surface area (Å²) in [4.78, 5) is 94.6. The number of hydrogen-bond acceptors (Lipinski definition) is 18. The number of carboxylic acids is 2. The van der Waals surface area contributed by atoms with Crippen molar-refractivity contribution in [1.29, 1.82) is 0 Å². The number of aliphatic carboxylic acids is 2. The molecular weight excluding hydrogens is 1400 g/mol. The summed E-state index contributed by atoms with van der Waals surface area (Å²) in [5.74, 6) is -1.86. The number of thioether (sulfide) groups is 1. The number of carbonyl (C=O) groups excluding carboxylic acids is 6. The van der Waals surface area contributed by atoms with Gasteiger partial charge in [0, 0.05) is 11.3 Å². The van der Waals surface area contributed by atoms with Crippen LogP contribution in [0, 0.1) is 16.7 Å². The van der Waals surface area contributed by atoms with Crippen molar-refractivity contribution in [2.75, 3.05) is 53.7 Å². The van der Waals surface area contributed by atoms with Crippen LogP contribution in [0.2, 0.25) is 0 Å². The normalized spacial score (nSPS) is 13.8. The molecular formula is C85H122N4O16S2. The molecule has 4 aromatic rings. The highest BCUT2D eigenvalue weighted by molar-refractivity contribution is 7.99. The first-order chi connectivity index (χ1) is 50.9. The Morgan fingerprint density at radius 3 is 1.20 bits per heavy atom. The molecule has 2 atom stereocenters. The van der Waals surface area contributed by atoms with Gasteiger partial charge < -0.3 is 39.4 Å². The maximum absolute atomic E-state index is 13.0. The van der Waals surface area contributed by atoms with E-state index in [1.807, 2.05) is 81.4 Å². The summed E-state index contributed by atoms with van der Waals surface area (Å²) >= 11 is 5.96. The maximum atomic E-state index is 13.0. The van der Waals surface area contributed by atoms with Crippen molar-refractivity contribution in [1.82, 2.24) is 0 Å². The largest absolute Gasteiger partial charge is 0.481 e. The second kappa shape index (κ2) is 53.6. The molecule has 20 nitrogen and oxygen atoms in total. The van der Waals surface area contributed by atoms with Gasteiger partial charge in [0.05, 0.1) is 61.8 Å². The first-order valence-electron chi connectivity index (χ1n) is 37.8. The monoisotopic (exact) mass is 1520 g/mol. The van der Waals surface area contributed by atoms with Crippen LogP contribution in [0.15, 0.2) is 143 Å². The van der Waals surface area contributed by atoms with Crippen molar-refractivity contribution in [2.45, 2.75) is 230 Å². The number of amides is 2. The predicted octanol–water partition coefficient (Wildman–Crippen LogP) is 18.4. The van der Waals surface area contributed by atoms with E-state index in [0.717, 1.165) is 29.1 Å². The maximum Gasteiger partial charge on any atom is 0.338 e. The quantitative estimate of drug-likeness (QED) is 0.00906. The van der Waals surface area contributed by atoms with E-state index in [9.17, 15) is 48.6 Å². The van der Waals surface area contributed by atoms with Crippen LogP contribution in [-0.4, -0.2) is 135 Å². The predicted molar refractivity (Wildman–Crippen MR) is 435 cm³/mol. The van der Waals surface area contributed by atoms with Crippen LogP contribution in [0.1, 0.15) is 250 Å². The lowest BCUT2D eigenvalue weighted by Crippen LogP contribution is -2.33. The number of carbonyl (C=O) groups is 8. The molecule has 4 N–H and O–H groups in total. The molecule has 0 saturated carbocycles. The number of anilines is 2. The third-order valence-electron chi connectivity index (χ3n) is 17.1. The number of hydrogen-bond donors (Lipinski definition) is 5. The number of aliphatic hydroxyl groups excluding tert-OH is 2. The zero-order chi connectivity index (χ0) is 79.7. The van der Waals surface area contributed by atoms with E-state index in [1.54, 1.807) is 89.7 Å². The number of unbranched alkanes of at least 4 members (excludes halogenated alkanes) is 18. The van der Waals surface area contributed by atoms with Crippen LogP contribution in [0.5, 0.6) is 0 Å². The lowest BCUT2D eigenvalue weighted by molar-refractivity contribution is -0.156. The zero-order valence-electron chi connectivity index (χ0n) is 65.6. The first-order valence-corrected chi connectivity index (χ1v) is 39.6. The third kappa shape index (κ3) is 39.0. The number of benzene rings is 4. The van der Waals surface area contributed by atoms with E-state index in [2.05, 4.69) is 43.3 Å². The second-order valence-corrected chi connectivity index (χ2v) is 29.7. The summed E-state index contributed by atoms with van der Waals surface area (Å²) < 4.78 is 20.6. The van der Waals surface area contributed by atoms with Crippen molar-refractivity contribution < 1.29 is 77.7 Å². The Morgan fingerprint density at radius 1 is 0.523 bits per heavy atom. The smallest absolute Gasteiger partial charge is 0.338 e. The third-order valence-corrected chi connectivity index (χ3v) is 19.0. The van der Waals surface area contributed by atoms with Gasteiger partial charge in [-0.1, -0.05) is 217 Å². The number of esters is 4. The van der Waals surface area contributed by atoms with E-state index >= 15 is 0 Å². The molecule has 0 fully saturated rings. The highest BCUT2D eigenvalue weighted by Gasteiger charge is 2.32. The molecule has 2 amide bonds. The van der Waals surface area contributed by atoms with Gasteiger partial charge in [-0.25, -0.2) is 14.4 Å². The van der Waals surface area contributed by atoms with Crippen molar-refractivity contribution in [2.24, 2.45) is 27.0 Å². The summed E-state index contributed by atoms with van der Waals surface area (Å²) in [5, 5.41) is 47.8. The molecule has 590 valence electrons. The van der Waals surface area contributed by atoms with E-state index in [-0.39, 0.29) is 66.8 Å². The van der Waals surface area contributed by atoms with Crippen LogP contribution in [0.25, 0.3) is 12.2 Å². The average molecular weight is 1520 g/mol. The van der Waals surface area contributed by atoms with E-state index < -0.39 is 52.9 Å². The highest BCUT2D eigenvalue weighted by Crippen LogP contribution is 2.29. The number of carboxylic acid groups (broad SMARTS) is 2. The molecule has 107 heavy (non-hydrogen) atoms. The van der Waals surface area contributed by atoms with Crippen molar-refractivity contribution in [3.8, 4) is 0 Å². The molecule has 6 rings (SSSR count). The Kier molecular flexibility index (Phi) is 47.5. The molecule has 0 spiro atoms. The fourth-order valence-electron chi connectivity index (χ4n) is 9.78. The Balaban J connectivity index is 0.000000554. The van der Waals surface area contributed by atoms with Gasteiger partial charge in [0.15, 0.2) is 0 Å². The summed E-state index contributed by atoms with van der Waals surface area (Å²) in [6.07, 6.45) is 29.2. The molecule has 0 bridgehead atoms. The number of hydrazone groups is 2. The Morgan fingerprint density at radius 2 is 0.869 bits per heavy atom. The number of ether oxygens (including phenoxy) is 4. The van der Waals surface area contributed by atoms with Crippen molar-refractivity contribution in [3.05, 3.63) is 155 Å². The lowest BCUT2D eigenvalue weighted by Gasteiger charge is -2.23. The molecule has 2 aliphatic rings. The van der Waals surface area contributed by atoms with Gasteiger partial charge in [0.2, 0.25) is 0 Å². The van der Waals surface area contributed by atoms with E-state index in [4.69, 9.17) is 29.2 Å². The Hall–Kier alpha value is -8.18. The summed E-state index contributed by atoms with van der Waals surface area (Å²) in [7, 11) is 0. The zero-order valence-corrected chi connectivity index (χ0v) is 67.3. The minimum Gasteiger partial charge on any atom is -0.481 e. The van der Waals surface area contributed by atoms with Gasteiger partial charge in [0.25, 0.3) is 11.8 Å². The molecule has 0 aliphatic carbocycles. The topological polar surface area (TPSA) is 286 Å². The van der Waals surface area contributed by atoms with Crippen molar-refractivity contribution in [3.63, 3.8) is 0 Å². The van der Waals surface area contributed by atoms with E-state index in [0.29, 0.717) is 46.1 Å².